The van der Waals surface area contributed by atoms with E-state index in [4.69, 9.17) is 5.73 Å². The van der Waals surface area contributed by atoms with E-state index in [2.05, 4.69) is 9.44 Å². The van der Waals surface area contributed by atoms with Crippen LogP contribution in [0, 0.1) is 13.8 Å². The molecular formula is C11H19N3O2S. The van der Waals surface area contributed by atoms with Crippen LogP contribution in [-0.2, 0) is 10.2 Å². The minimum atomic E-state index is -3.51. The van der Waals surface area contributed by atoms with Crippen LogP contribution in [0.1, 0.15) is 24.5 Å². The number of benzene rings is 1. The van der Waals surface area contributed by atoms with Crippen molar-refractivity contribution < 1.29 is 8.42 Å². The smallest absolute Gasteiger partial charge is 0.299 e. The Morgan fingerprint density at radius 1 is 1.29 bits per heavy atom. The summed E-state index contributed by atoms with van der Waals surface area (Å²) in [5.74, 6) is 0. The van der Waals surface area contributed by atoms with Crippen molar-refractivity contribution in [2.24, 2.45) is 0 Å². The number of hydrogen-bond donors (Lipinski definition) is 3. The van der Waals surface area contributed by atoms with Crippen LogP contribution in [0.3, 0.4) is 0 Å². The van der Waals surface area contributed by atoms with Crippen molar-refractivity contribution in [3.05, 3.63) is 23.3 Å². The maximum Gasteiger partial charge on any atom is 0.299 e. The van der Waals surface area contributed by atoms with Crippen molar-refractivity contribution in [1.29, 1.82) is 0 Å². The van der Waals surface area contributed by atoms with Gasteiger partial charge >= 0.3 is 0 Å². The molecule has 0 aliphatic rings. The SMILES string of the molecule is CCCNS(=O)(=O)Nc1c(C)ccc(N)c1C. The molecule has 17 heavy (non-hydrogen) atoms. The number of aryl methyl sites for hydroxylation is 1. The quantitative estimate of drug-likeness (QED) is 0.700. The molecule has 0 saturated heterocycles. The Morgan fingerprint density at radius 2 is 1.94 bits per heavy atom. The molecule has 0 bridgehead atoms. The molecule has 1 rings (SSSR count). The number of rotatable bonds is 5. The maximum atomic E-state index is 11.7. The molecule has 0 saturated carbocycles. The summed E-state index contributed by atoms with van der Waals surface area (Å²) in [6.07, 6.45) is 0.746. The fourth-order valence-corrected chi connectivity index (χ4v) is 2.55. The average molecular weight is 257 g/mol. The van der Waals surface area contributed by atoms with Gasteiger partial charge in [-0.05, 0) is 37.5 Å². The lowest BCUT2D eigenvalue weighted by atomic mass is 10.1. The summed E-state index contributed by atoms with van der Waals surface area (Å²) < 4.78 is 28.4. The van der Waals surface area contributed by atoms with Gasteiger partial charge in [-0.1, -0.05) is 13.0 Å². The molecule has 1 aromatic carbocycles. The minimum absolute atomic E-state index is 0.412. The first-order valence-electron chi connectivity index (χ1n) is 5.50. The summed E-state index contributed by atoms with van der Waals surface area (Å²) in [7, 11) is -3.51. The minimum Gasteiger partial charge on any atom is -0.398 e. The van der Waals surface area contributed by atoms with Gasteiger partial charge in [-0.2, -0.15) is 13.1 Å². The van der Waals surface area contributed by atoms with Crippen molar-refractivity contribution in [1.82, 2.24) is 4.72 Å². The summed E-state index contributed by atoms with van der Waals surface area (Å²) >= 11 is 0. The van der Waals surface area contributed by atoms with Crippen LogP contribution in [-0.4, -0.2) is 15.0 Å². The first kappa shape index (κ1) is 13.8. The molecule has 0 aromatic heterocycles. The molecule has 96 valence electrons. The fourth-order valence-electron chi connectivity index (χ4n) is 1.43. The molecular weight excluding hydrogens is 238 g/mol. The summed E-state index contributed by atoms with van der Waals surface area (Å²) in [4.78, 5) is 0. The number of nitrogen functional groups attached to an aromatic ring is 1. The van der Waals surface area contributed by atoms with E-state index in [1.165, 1.54) is 0 Å². The average Bonchev–Trinajstić information content (AvgIpc) is 2.27. The van der Waals surface area contributed by atoms with E-state index >= 15 is 0 Å². The van der Waals surface area contributed by atoms with Crippen LogP contribution in [0.2, 0.25) is 0 Å². The number of nitrogens with one attached hydrogen (secondary N) is 2. The second-order valence-corrected chi connectivity index (χ2v) is 5.47. The van der Waals surface area contributed by atoms with Gasteiger partial charge in [-0.15, -0.1) is 0 Å². The van der Waals surface area contributed by atoms with Crippen LogP contribution in [0.5, 0.6) is 0 Å². The molecule has 0 radical (unpaired) electrons. The van der Waals surface area contributed by atoms with E-state index in [9.17, 15) is 8.42 Å². The number of nitrogens with two attached hydrogens (primary N) is 1. The molecule has 0 heterocycles. The zero-order valence-electron chi connectivity index (χ0n) is 10.4. The number of hydrogen-bond acceptors (Lipinski definition) is 3. The Kier molecular flexibility index (Phi) is 4.36. The van der Waals surface area contributed by atoms with Crippen molar-refractivity contribution in [2.75, 3.05) is 17.0 Å². The Balaban J connectivity index is 2.99. The van der Waals surface area contributed by atoms with Gasteiger partial charge in [0.25, 0.3) is 10.2 Å². The van der Waals surface area contributed by atoms with E-state index in [0.717, 1.165) is 17.5 Å². The van der Waals surface area contributed by atoms with Gasteiger partial charge in [-0.25, -0.2) is 0 Å². The Labute approximate surface area is 103 Å². The highest BCUT2D eigenvalue weighted by Crippen LogP contribution is 2.25. The standard InChI is InChI=1S/C11H19N3O2S/c1-4-7-13-17(15,16)14-11-8(2)5-6-10(12)9(11)3/h5-6,13-14H,4,7,12H2,1-3H3. The maximum absolute atomic E-state index is 11.7. The van der Waals surface area contributed by atoms with Gasteiger partial charge in [0.1, 0.15) is 0 Å². The lowest BCUT2D eigenvalue weighted by Gasteiger charge is -2.14. The predicted octanol–water partition coefficient (Wildman–Crippen LogP) is 1.54. The first-order chi connectivity index (χ1) is 7.87. The summed E-state index contributed by atoms with van der Waals surface area (Å²) in [6.45, 7) is 5.94. The molecule has 0 amide bonds. The third-order valence-electron chi connectivity index (χ3n) is 2.49. The third-order valence-corrected chi connectivity index (χ3v) is 3.55. The van der Waals surface area contributed by atoms with Crippen molar-refractivity contribution >= 4 is 21.6 Å². The first-order valence-corrected chi connectivity index (χ1v) is 6.98. The molecule has 0 atom stereocenters. The zero-order valence-corrected chi connectivity index (χ0v) is 11.2. The van der Waals surface area contributed by atoms with Crippen LogP contribution < -0.4 is 15.2 Å². The van der Waals surface area contributed by atoms with Crippen molar-refractivity contribution in [2.45, 2.75) is 27.2 Å². The topological polar surface area (TPSA) is 84.2 Å². The lowest BCUT2D eigenvalue weighted by Crippen LogP contribution is -2.31. The summed E-state index contributed by atoms with van der Waals surface area (Å²) in [5.41, 5.74) is 8.46. The second kappa shape index (κ2) is 5.37. The van der Waals surface area contributed by atoms with Crippen LogP contribution in [0.15, 0.2) is 12.1 Å². The monoisotopic (exact) mass is 257 g/mol. The zero-order chi connectivity index (χ0) is 13.1. The molecule has 0 aliphatic carbocycles. The molecule has 1 aromatic rings. The van der Waals surface area contributed by atoms with Gasteiger partial charge in [0, 0.05) is 12.2 Å². The highest BCUT2D eigenvalue weighted by Gasteiger charge is 2.13. The normalized spacial score (nSPS) is 11.5. The van der Waals surface area contributed by atoms with Crippen LogP contribution in [0.25, 0.3) is 0 Å². The fraction of sp³-hybridized carbons (Fsp3) is 0.455. The van der Waals surface area contributed by atoms with Gasteiger partial charge < -0.3 is 5.73 Å². The number of anilines is 2. The summed E-state index contributed by atoms with van der Waals surface area (Å²) in [5, 5.41) is 0. The predicted molar refractivity (Wildman–Crippen MR) is 71.2 cm³/mol. The second-order valence-electron chi connectivity index (χ2n) is 3.97. The van der Waals surface area contributed by atoms with E-state index in [0.29, 0.717) is 17.9 Å². The molecule has 0 aliphatic heterocycles. The summed E-state index contributed by atoms with van der Waals surface area (Å²) in [6, 6.07) is 3.56. The van der Waals surface area contributed by atoms with E-state index in [1.54, 1.807) is 19.1 Å². The molecule has 0 fully saturated rings. The van der Waals surface area contributed by atoms with Gasteiger partial charge in [0.05, 0.1) is 5.69 Å². The van der Waals surface area contributed by atoms with E-state index < -0.39 is 10.2 Å². The van der Waals surface area contributed by atoms with Crippen molar-refractivity contribution in [3.8, 4) is 0 Å². The van der Waals surface area contributed by atoms with E-state index in [1.807, 2.05) is 13.8 Å². The molecule has 0 spiro atoms. The third kappa shape index (κ3) is 3.61. The van der Waals surface area contributed by atoms with Gasteiger partial charge in [0.15, 0.2) is 0 Å². The molecule has 0 unspecified atom stereocenters. The van der Waals surface area contributed by atoms with Crippen LogP contribution in [0.4, 0.5) is 11.4 Å². The Bertz CT molecular complexity index is 498. The van der Waals surface area contributed by atoms with Crippen molar-refractivity contribution in [3.63, 3.8) is 0 Å². The largest absolute Gasteiger partial charge is 0.398 e. The molecule has 5 nitrogen and oxygen atoms in total. The lowest BCUT2D eigenvalue weighted by molar-refractivity contribution is 0.586. The highest BCUT2D eigenvalue weighted by molar-refractivity contribution is 7.90. The Hall–Kier alpha value is -1.27. The Morgan fingerprint density at radius 3 is 2.53 bits per heavy atom. The highest BCUT2D eigenvalue weighted by atomic mass is 32.2. The van der Waals surface area contributed by atoms with Gasteiger partial charge in [-0.3, -0.25) is 4.72 Å². The molecule has 6 heteroatoms. The van der Waals surface area contributed by atoms with E-state index in [-0.39, 0.29) is 0 Å². The molecule has 4 N–H and O–H groups in total. The van der Waals surface area contributed by atoms with Crippen LogP contribution >= 0.6 is 0 Å². The van der Waals surface area contributed by atoms with Gasteiger partial charge in [0.2, 0.25) is 0 Å².